The van der Waals surface area contributed by atoms with Crippen molar-refractivity contribution in [1.29, 1.82) is 0 Å². The van der Waals surface area contributed by atoms with E-state index in [0.717, 1.165) is 29.8 Å². The molecular formula is C19H23NO2. The highest BCUT2D eigenvalue weighted by molar-refractivity contribution is 5.57. The standard InChI is InChI=1S/C19H23NO2/c1-14-6-5-7-15(2)19(14)22-13-17(21)12-20-11-10-16-8-3-4-9-18(16)20/h3-9,17,21H,10-13H2,1-2H3. The summed E-state index contributed by atoms with van der Waals surface area (Å²) in [6.45, 7) is 5.98. The second-order valence-corrected chi connectivity index (χ2v) is 6.01. The Bertz CT molecular complexity index is 633. The Balaban J connectivity index is 1.59. The Morgan fingerprint density at radius 3 is 2.59 bits per heavy atom. The van der Waals surface area contributed by atoms with Gasteiger partial charge in [0.05, 0.1) is 0 Å². The Labute approximate surface area is 132 Å². The summed E-state index contributed by atoms with van der Waals surface area (Å²) in [6.07, 6.45) is 0.561. The molecule has 2 aromatic rings. The number of anilines is 1. The average molecular weight is 297 g/mol. The van der Waals surface area contributed by atoms with E-state index in [1.165, 1.54) is 11.3 Å². The number of hydrogen-bond donors (Lipinski definition) is 1. The molecule has 1 N–H and O–H groups in total. The van der Waals surface area contributed by atoms with Gasteiger partial charge in [-0.3, -0.25) is 0 Å². The van der Waals surface area contributed by atoms with Gasteiger partial charge in [0.1, 0.15) is 18.5 Å². The second kappa shape index (κ2) is 6.41. The summed E-state index contributed by atoms with van der Waals surface area (Å²) >= 11 is 0. The van der Waals surface area contributed by atoms with Crippen LogP contribution in [0.15, 0.2) is 42.5 Å². The van der Waals surface area contributed by atoms with Crippen molar-refractivity contribution in [1.82, 2.24) is 0 Å². The Morgan fingerprint density at radius 1 is 1.09 bits per heavy atom. The molecule has 0 aromatic heterocycles. The van der Waals surface area contributed by atoms with E-state index in [0.29, 0.717) is 13.2 Å². The molecule has 1 atom stereocenters. The first-order chi connectivity index (χ1) is 10.6. The van der Waals surface area contributed by atoms with E-state index in [9.17, 15) is 5.11 Å². The van der Waals surface area contributed by atoms with Crippen molar-refractivity contribution in [2.45, 2.75) is 26.4 Å². The minimum Gasteiger partial charge on any atom is -0.490 e. The van der Waals surface area contributed by atoms with Crippen molar-refractivity contribution < 1.29 is 9.84 Å². The van der Waals surface area contributed by atoms with Gasteiger partial charge >= 0.3 is 0 Å². The zero-order chi connectivity index (χ0) is 15.5. The fourth-order valence-corrected chi connectivity index (χ4v) is 3.11. The van der Waals surface area contributed by atoms with Crippen LogP contribution < -0.4 is 9.64 Å². The van der Waals surface area contributed by atoms with Gasteiger partial charge in [-0.1, -0.05) is 36.4 Å². The third-order valence-electron chi connectivity index (χ3n) is 4.24. The highest BCUT2D eigenvalue weighted by atomic mass is 16.5. The maximum absolute atomic E-state index is 10.3. The summed E-state index contributed by atoms with van der Waals surface area (Å²) in [6, 6.07) is 14.5. The normalized spacial score (nSPS) is 14.8. The number of aryl methyl sites for hydroxylation is 2. The van der Waals surface area contributed by atoms with E-state index < -0.39 is 6.10 Å². The van der Waals surface area contributed by atoms with Crippen LogP contribution in [0.3, 0.4) is 0 Å². The summed E-state index contributed by atoms with van der Waals surface area (Å²) < 4.78 is 5.85. The van der Waals surface area contributed by atoms with Crippen LogP contribution in [0.1, 0.15) is 16.7 Å². The van der Waals surface area contributed by atoms with E-state index in [1.54, 1.807) is 0 Å². The fourth-order valence-electron chi connectivity index (χ4n) is 3.11. The monoisotopic (exact) mass is 297 g/mol. The molecule has 0 saturated carbocycles. The fraction of sp³-hybridized carbons (Fsp3) is 0.368. The Kier molecular flexibility index (Phi) is 4.34. The van der Waals surface area contributed by atoms with Crippen LogP contribution in [0.4, 0.5) is 5.69 Å². The van der Waals surface area contributed by atoms with E-state index in [1.807, 2.05) is 32.0 Å². The lowest BCUT2D eigenvalue weighted by atomic mass is 10.1. The number of ether oxygens (including phenoxy) is 1. The highest BCUT2D eigenvalue weighted by Crippen LogP contribution is 2.27. The number of aliphatic hydroxyl groups is 1. The molecule has 0 saturated heterocycles. The minimum atomic E-state index is -0.495. The number of aliphatic hydroxyl groups excluding tert-OH is 1. The quantitative estimate of drug-likeness (QED) is 0.920. The Hall–Kier alpha value is -2.00. The lowest BCUT2D eigenvalue weighted by molar-refractivity contribution is 0.112. The third kappa shape index (κ3) is 3.09. The largest absolute Gasteiger partial charge is 0.490 e. The molecule has 0 radical (unpaired) electrons. The van der Waals surface area contributed by atoms with Crippen LogP contribution in [0.2, 0.25) is 0 Å². The van der Waals surface area contributed by atoms with Crippen LogP contribution in [0.5, 0.6) is 5.75 Å². The average Bonchev–Trinajstić information content (AvgIpc) is 2.90. The first kappa shape index (κ1) is 14.9. The van der Waals surface area contributed by atoms with Crippen molar-refractivity contribution in [3.63, 3.8) is 0 Å². The second-order valence-electron chi connectivity index (χ2n) is 6.01. The SMILES string of the molecule is Cc1cccc(C)c1OCC(O)CN1CCc2ccccc21. The molecule has 0 amide bonds. The van der Waals surface area contributed by atoms with Crippen molar-refractivity contribution in [2.75, 3.05) is 24.6 Å². The van der Waals surface area contributed by atoms with Gasteiger partial charge in [0.2, 0.25) is 0 Å². The molecule has 1 aliphatic rings. The van der Waals surface area contributed by atoms with Gasteiger partial charge in [0, 0.05) is 18.8 Å². The molecule has 22 heavy (non-hydrogen) atoms. The lowest BCUT2D eigenvalue weighted by Gasteiger charge is -2.23. The number of rotatable bonds is 5. The van der Waals surface area contributed by atoms with Gasteiger partial charge in [-0.05, 0) is 43.0 Å². The summed E-state index contributed by atoms with van der Waals surface area (Å²) in [5, 5.41) is 10.3. The van der Waals surface area contributed by atoms with E-state index >= 15 is 0 Å². The summed E-state index contributed by atoms with van der Waals surface area (Å²) in [7, 11) is 0. The molecule has 0 bridgehead atoms. The Morgan fingerprint density at radius 2 is 1.82 bits per heavy atom. The molecule has 0 spiro atoms. The molecule has 1 heterocycles. The molecule has 116 valence electrons. The first-order valence-corrected chi connectivity index (χ1v) is 7.85. The minimum absolute atomic E-state index is 0.324. The number of nitrogens with zero attached hydrogens (tertiary/aromatic N) is 1. The number of benzene rings is 2. The third-order valence-corrected chi connectivity index (χ3v) is 4.24. The zero-order valence-electron chi connectivity index (χ0n) is 13.2. The number of hydrogen-bond acceptors (Lipinski definition) is 3. The summed E-state index contributed by atoms with van der Waals surface area (Å²) in [5.74, 6) is 0.892. The highest BCUT2D eigenvalue weighted by Gasteiger charge is 2.21. The van der Waals surface area contributed by atoms with E-state index in [-0.39, 0.29) is 0 Å². The van der Waals surface area contributed by atoms with E-state index in [4.69, 9.17) is 4.74 Å². The first-order valence-electron chi connectivity index (χ1n) is 7.85. The van der Waals surface area contributed by atoms with Gasteiger partial charge in [-0.2, -0.15) is 0 Å². The van der Waals surface area contributed by atoms with Crippen molar-refractivity contribution in [2.24, 2.45) is 0 Å². The number of fused-ring (bicyclic) bond motifs is 1. The molecule has 1 aliphatic heterocycles. The summed E-state index contributed by atoms with van der Waals surface area (Å²) in [5.41, 5.74) is 4.83. The predicted octanol–water partition coefficient (Wildman–Crippen LogP) is 3.11. The van der Waals surface area contributed by atoms with Gasteiger partial charge in [0.15, 0.2) is 0 Å². The molecular weight excluding hydrogens is 274 g/mol. The molecule has 2 aromatic carbocycles. The van der Waals surface area contributed by atoms with Crippen LogP contribution >= 0.6 is 0 Å². The van der Waals surface area contributed by atoms with Gasteiger partial charge in [-0.25, -0.2) is 0 Å². The van der Waals surface area contributed by atoms with Gasteiger partial charge in [0.25, 0.3) is 0 Å². The predicted molar refractivity (Wildman–Crippen MR) is 89.8 cm³/mol. The summed E-state index contributed by atoms with van der Waals surface area (Å²) in [4.78, 5) is 2.24. The zero-order valence-corrected chi connectivity index (χ0v) is 13.2. The molecule has 1 unspecified atom stereocenters. The van der Waals surface area contributed by atoms with Crippen molar-refractivity contribution in [3.8, 4) is 5.75 Å². The topological polar surface area (TPSA) is 32.7 Å². The molecule has 0 aliphatic carbocycles. The van der Waals surface area contributed by atoms with Gasteiger partial charge < -0.3 is 14.7 Å². The molecule has 3 heteroatoms. The van der Waals surface area contributed by atoms with Crippen LogP contribution in [0, 0.1) is 13.8 Å². The van der Waals surface area contributed by atoms with Gasteiger partial charge in [-0.15, -0.1) is 0 Å². The van der Waals surface area contributed by atoms with Crippen LogP contribution in [0.25, 0.3) is 0 Å². The molecule has 3 rings (SSSR count). The number of β-amino-alcohol motifs (C(OH)–C–C–N with tert-alkyl or cyclic N) is 1. The number of para-hydroxylation sites is 2. The van der Waals surface area contributed by atoms with Crippen LogP contribution in [-0.2, 0) is 6.42 Å². The smallest absolute Gasteiger partial charge is 0.125 e. The van der Waals surface area contributed by atoms with Crippen LogP contribution in [-0.4, -0.2) is 30.9 Å². The van der Waals surface area contributed by atoms with Crippen molar-refractivity contribution in [3.05, 3.63) is 59.2 Å². The lowest BCUT2D eigenvalue weighted by Crippen LogP contribution is -2.34. The maximum atomic E-state index is 10.3. The maximum Gasteiger partial charge on any atom is 0.125 e. The van der Waals surface area contributed by atoms with Crippen molar-refractivity contribution >= 4 is 5.69 Å². The molecule has 0 fully saturated rings. The van der Waals surface area contributed by atoms with E-state index in [2.05, 4.69) is 29.2 Å². The molecule has 3 nitrogen and oxygen atoms in total.